The Morgan fingerprint density at radius 1 is 1.13 bits per heavy atom. The number of benzene rings is 1. The molecular weight excluding hydrogens is 437 g/mol. The van der Waals surface area contributed by atoms with E-state index in [2.05, 4.69) is 35.2 Å². The van der Waals surface area contributed by atoms with Crippen LogP contribution in [0.5, 0.6) is 0 Å². The highest BCUT2D eigenvalue weighted by Gasteiger charge is 2.32. The summed E-state index contributed by atoms with van der Waals surface area (Å²) < 4.78 is 15.3. The van der Waals surface area contributed by atoms with Crippen LogP contribution in [0, 0.1) is 5.82 Å². The number of carbonyl (C=O) groups is 1. The van der Waals surface area contributed by atoms with Gasteiger partial charge in [0.15, 0.2) is 5.16 Å². The summed E-state index contributed by atoms with van der Waals surface area (Å²) in [6.07, 6.45) is 4.75. The highest BCUT2D eigenvalue weighted by Crippen LogP contribution is 2.42. The van der Waals surface area contributed by atoms with Crippen LogP contribution in [0.3, 0.4) is 0 Å². The number of hydrogen-bond acceptors (Lipinski definition) is 8. The van der Waals surface area contributed by atoms with Crippen LogP contribution < -0.4 is 10.2 Å². The van der Waals surface area contributed by atoms with Gasteiger partial charge < -0.3 is 10.2 Å². The van der Waals surface area contributed by atoms with E-state index >= 15 is 0 Å². The molecule has 8 nitrogen and oxygen atoms in total. The van der Waals surface area contributed by atoms with Crippen molar-refractivity contribution in [1.82, 2.24) is 30.3 Å². The van der Waals surface area contributed by atoms with Crippen molar-refractivity contribution in [3.8, 4) is 0 Å². The molecule has 0 unspecified atom stereocenters. The van der Waals surface area contributed by atoms with E-state index in [1.54, 1.807) is 23.9 Å². The molecular formula is C20H22FN7OS2. The molecule has 0 radical (unpaired) electrons. The molecule has 3 aromatic rings. The second-order valence-electron chi connectivity index (χ2n) is 7.68. The van der Waals surface area contributed by atoms with Crippen molar-refractivity contribution in [2.75, 3.05) is 18.0 Å². The molecule has 2 fully saturated rings. The highest BCUT2D eigenvalue weighted by atomic mass is 32.2. The number of amides is 1. The average Bonchev–Trinajstić information content (AvgIpc) is 3.18. The van der Waals surface area contributed by atoms with Crippen LogP contribution in [0.4, 0.5) is 10.3 Å². The zero-order chi connectivity index (χ0) is 21.2. The lowest BCUT2D eigenvalue weighted by molar-refractivity contribution is 0.0950. The molecule has 2 aliphatic rings. The normalized spacial score (nSPS) is 16.1. The molecule has 0 bridgehead atoms. The maximum Gasteiger partial charge on any atom is 0.282 e. The quantitative estimate of drug-likeness (QED) is 0.516. The van der Waals surface area contributed by atoms with Crippen molar-refractivity contribution in [3.63, 3.8) is 0 Å². The summed E-state index contributed by atoms with van der Waals surface area (Å²) in [7, 11) is 0. The van der Waals surface area contributed by atoms with Crippen molar-refractivity contribution in [1.29, 1.82) is 0 Å². The van der Waals surface area contributed by atoms with Crippen molar-refractivity contribution in [2.24, 2.45) is 0 Å². The zero-order valence-corrected chi connectivity index (χ0v) is 18.5. The summed E-state index contributed by atoms with van der Waals surface area (Å²) in [5.41, 5.74) is 0.822. The molecule has 1 aliphatic carbocycles. The number of aromatic nitrogens is 5. The second-order valence-corrected chi connectivity index (χ2v) is 9.68. The number of nitrogens with one attached hydrogen (secondary N) is 1. The van der Waals surface area contributed by atoms with Gasteiger partial charge in [-0.2, -0.15) is 0 Å². The summed E-state index contributed by atoms with van der Waals surface area (Å²) in [5, 5.41) is 21.9. The molecule has 0 atom stereocenters. The van der Waals surface area contributed by atoms with Gasteiger partial charge in [-0.3, -0.25) is 9.36 Å². The Labute approximate surface area is 187 Å². The summed E-state index contributed by atoms with van der Waals surface area (Å²) in [4.78, 5) is 14.7. The number of carbonyl (C=O) groups excluding carboxylic acids is 1. The second kappa shape index (κ2) is 8.91. The molecule has 1 aromatic carbocycles. The topological polar surface area (TPSA) is 88.8 Å². The average molecular weight is 460 g/mol. The lowest BCUT2D eigenvalue weighted by Crippen LogP contribution is -2.22. The number of anilines is 1. The van der Waals surface area contributed by atoms with Crippen LogP contribution in [0.2, 0.25) is 0 Å². The van der Waals surface area contributed by atoms with Crippen LogP contribution in [-0.2, 0) is 12.3 Å². The minimum atomic E-state index is -0.300. The van der Waals surface area contributed by atoms with Crippen LogP contribution in [0.15, 0.2) is 29.4 Å². The third kappa shape index (κ3) is 4.72. The van der Waals surface area contributed by atoms with E-state index in [0.717, 1.165) is 34.8 Å². The zero-order valence-electron chi connectivity index (χ0n) is 16.8. The monoisotopic (exact) mass is 459 g/mol. The van der Waals surface area contributed by atoms with E-state index < -0.39 is 0 Å². The van der Waals surface area contributed by atoms with Crippen LogP contribution >= 0.6 is 23.1 Å². The number of nitrogens with zero attached hydrogens (tertiary/aromatic N) is 6. The van der Waals surface area contributed by atoms with Gasteiger partial charge in [0.2, 0.25) is 11.0 Å². The van der Waals surface area contributed by atoms with Crippen molar-refractivity contribution in [3.05, 3.63) is 45.7 Å². The van der Waals surface area contributed by atoms with E-state index in [9.17, 15) is 9.18 Å². The fourth-order valence-corrected chi connectivity index (χ4v) is 5.29. The van der Waals surface area contributed by atoms with E-state index in [-0.39, 0.29) is 11.7 Å². The van der Waals surface area contributed by atoms with Gasteiger partial charge >= 0.3 is 0 Å². The maximum atomic E-state index is 13.0. The Bertz CT molecular complexity index is 1060. The third-order valence-electron chi connectivity index (χ3n) is 5.30. The van der Waals surface area contributed by atoms with Crippen LogP contribution in [0.25, 0.3) is 0 Å². The van der Waals surface area contributed by atoms with Gasteiger partial charge in [0, 0.05) is 25.7 Å². The number of hydrogen-bond donors (Lipinski definition) is 1. The predicted molar refractivity (Wildman–Crippen MR) is 117 cm³/mol. The van der Waals surface area contributed by atoms with E-state index in [1.165, 1.54) is 49.2 Å². The lowest BCUT2D eigenvalue weighted by atomic mass is 10.2. The van der Waals surface area contributed by atoms with E-state index in [4.69, 9.17) is 0 Å². The Morgan fingerprint density at radius 3 is 2.65 bits per heavy atom. The molecule has 11 heteroatoms. The first-order valence-corrected chi connectivity index (χ1v) is 12.2. The lowest BCUT2D eigenvalue weighted by Gasteiger charge is -2.17. The summed E-state index contributed by atoms with van der Waals surface area (Å²) in [5.74, 6) is 0.996. The first-order valence-electron chi connectivity index (χ1n) is 10.3. The van der Waals surface area contributed by atoms with Gasteiger partial charge in [-0.05, 0) is 43.4 Å². The van der Waals surface area contributed by atoms with Crippen LogP contribution in [-0.4, -0.2) is 44.0 Å². The molecule has 162 valence electrons. The first-order chi connectivity index (χ1) is 15.2. The van der Waals surface area contributed by atoms with Crippen LogP contribution in [0.1, 0.15) is 52.1 Å². The molecule has 1 saturated heterocycles. The Balaban J connectivity index is 1.19. The van der Waals surface area contributed by atoms with Gasteiger partial charge in [-0.25, -0.2) is 4.39 Å². The Morgan fingerprint density at radius 2 is 1.90 bits per heavy atom. The van der Waals surface area contributed by atoms with Gasteiger partial charge in [0.25, 0.3) is 5.91 Å². The molecule has 3 heterocycles. The highest BCUT2D eigenvalue weighted by molar-refractivity contribution is 7.98. The third-order valence-corrected chi connectivity index (χ3v) is 7.36. The minimum absolute atomic E-state index is 0.282. The van der Waals surface area contributed by atoms with E-state index in [0.29, 0.717) is 23.3 Å². The number of thioether (sulfide) groups is 1. The molecule has 1 N–H and O–H groups in total. The minimum Gasteiger partial charge on any atom is -0.346 e. The standard InChI is InChI=1S/C20H22FN7OS2/c21-14-5-3-13(4-6-14)11-22-17(29)18-24-23-16(31-18)12-30-20-26-25-19(27-9-1-2-10-27)28(20)15-7-8-15/h3-6,15H,1-2,7-12H2,(H,22,29). The molecule has 5 rings (SSSR count). The molecule has 2 aromatic heterocycles. The van der Waals surface area contributed by atoms with Crippen molar-refractivity contribution >= 4 is 35.0 Å². The molecule has 1 saturated carbocycles. The predicted octanol–water partition coefficient (Wildman–Crippen LogP) is 3.43. The maximum absolute atomic E-state index is 13.0. The van der Waals surface area contributed by atoms with Gasteiger partial charge in [-0.1, -0.05) is 35.2 Å². The van der Waals surface area contributed by atoms with Gasteiger partial charge in [0.05, 0.1) is 5.75 Å². The smallest absolute Gasteiger partial charge is 0.282 e. The largest absolute Gasteiger partial charge is 0.346 e. The van der Waals surface area contributed by atoms with Gasteiger partial charge in [0.1, 0.15) is 10.8 Å². The number of rotatable bonds is 8. The van der Waals surface area contributed by atoms with Gasteiger partial charge in [-0.15, -0.1) is 20.4 Å². The SMILES string of the molecule is O=C(NCc1ccc(F)cc1)c1nnc(CSc2nnc(N3CCCC3)n2C2CC2)s1. The van der Waals surface area contributed by atoms with E-state index in [1.807, 2.05) is 0 Å². The molecule has 31 heavy (non-hydrogen) atoms. The number of halogens is 1. The summed E-state index contributed by atoms with van der Waals surface area (Å²) in [6, 6.07) is 6.53. The molecule has 1 aliphatic heterocycles. The molecule has 1 amide bonds. The summed E-state index contributed by atoms with van der Waals surface area (Å²) >= 11 is 2.86. The Hall–Kier alpha value is -2.53. The fourth-order valence-electron chi connectivity index (χ4n) is 3.54. The Kier molecular flexibility index (Phi) is 5.86. The summed E-state index contributed by atoms with van der Waals surface area (Å²) in [6.45, 7) is 2.40. The fraction of sp³-hybridized carbons (Fsp3) is 0.450. The van der Waals surface area contributed by atoms with Crippen molar-refractivity contribution < 1.29 is 9.18 Å². The van der Waals surface area contributed by atoms with Crippen molar-refractivity contribution in [2.45, 2.75) is 49.2 Å². The molecule has 0 spiro atoms. The first kappa shape index (κ1) is 20.4.